The van der Waals surface area contributed by atoms with Crippen molar-refractivity contribution in [1.29, 1.82) is 0 Å². The summed E-state index contributed by atoms with van der Waals surface area (Å²) in [6.07, 6.45) is 9.78. The Kier molecular flexibility index (Phi) is 14.8. The second-order valence-electron chi connectivity index (χ2n) is 18.5. The van der Waals surface area contributed by atoms with E-state index in [0.717, 1.165) is 31.2 Å². The molecule has 2 amide bonds. The van der Waals surface area contributed by atoms with Crippen molar-refractivity contribution in [1.82, 2.24) is 19.2 Å². The molecular weight excluding hydrogens is 841 g/mol. The fourth-order valence-corrected chi connectivity index (χ4v) is 11.4. The molecule has 2 aromatic carbocycles. The summed E-state index contributed by atoms with van der Waals surface area (Å²) in [5, 5.41) is 3.06. The van der Waals surface area contributed by atoms with Crippen molar-refractivity contribution in [3.05, 3.63) is 47.5 Å². The number of rotatable bonds is 9. The van der Waals surface area contributed by atoms with Gasteiger partial charge < -0.3 is 30.3 Å². The van der Waals surface area contributed by atoms with E-state index >= 15 is 0 Å². The number of anilines is 2. The van der Waals surface area contributed by atoms with E-state index in [2.05, 4.69) is 38.4 Å². The maximum absolute atomic E-state index is 13.0. The molecule has 8 rings (SSSR count). The van der Waals surface area contributed by atoms with Crippen LogP contribution in [0.1, 0.15) is 102 Å². The van der Waals surface area contributed by atoms with Crippen molar-refractivity contribution in [3.8, 4) is 23.7 Å². The lowest BCUT2D eigenvalue weighted by Gasteiger charge is -2.40. The lowest BCUT2D eigenvalue weighted by atomic mass is 9.73. The molecule has 63 heavy (non-hydrogen) atoms. The van der Waals surface area contributed by atoms with Gasteiger partial charge in [-0.1, -0.05) is 37.5 Å². The van der Waals surface area contributed by atoms with Crippen LogP contribution in [0.4, 0.5) is 11.4 Å². The molecule has 2 saturated heterocycles. The van der Waals surface area contributed by atoms with E-state index in [-0.39, 0.29) is 33.7 Å². The number of morpholine rings is 2. The fraction of sp³-hybridized carbons (Fsp3) is 0.617. The minimum absolute atomic E-state index is 0.153. The second-order valence-corrected chi connectivity index (χ2v) is 21.9. The highest BCUT2D eigenvalue weighted by Crippen LogP contribution is 2.40. The number of nitrogens with two attached hydrogens (primary N) is 1. The molecule has 5 N–H and O–H groups in total. The van der Waals surface area contributed by atoms with Gasteiger partial charge in [0.2, 0.25) is 31.9 Å². The largest absolute Gasteiger partial charge is 0.398 e. The highest BCUT2D eigenvalue weighted by atomic mass is 32.2. The van der Waals surface area contributed by atoms with E-state index < -0.39 is 30.9 Å². The Morgan fingerprint density at radius 2 is 1.03 bits per heavy atom. The molecule has 0 unspecified atom stereocenters. The first-order valence-electron chi connectivity index (χ1n) is 22.6. The van der Waals surface area contributed by atoms with Crippen LogP contribution in [0, 0.1) is 46.3 Å². The average Bonchev–Trinajstić information content (AvgIpc) is 4.24. The number of ether oxygens (including phenoxy) is 2. The van der Waals surface area contributed by atoms with Crippen molar-refractivity contribution in [3.63, 3.8) is 0 Å². The second kappa shape index (κ2) is 19.9. The lowest BCUT2D eigenvalue weighted by Crippen LogP contribution is -2.50. The number of nitrogen functional groups attached to an aromatic ring is 1. The molecule has 6 fully saturated rings. The summed E-state index contributed by atoms with van der Waals surface area (Å²) in [5.41, 5.74) is 7.76. The molecule has 6 aliphatic rings. The molecule has 0 bridgehead atoms. The van der Waals surface area contributed by atoms with Crippen molar-refractivity contribution < 1.29 is 35.9 Å². The van der Waals surface area contributed by atoms with Gasteiger partial charge in [-0.2, -0.15) is 0 Å². The smallest absolute Gasteiger partial charge is 0.240 e. The van der Waals surface area contributed by atoms with E-state index in [1.165, 1.54) is 6.07 Å². The third kappa shape index (κ3) is 12.1. The summed E-state index contributed by atoms with van der Waals surface area (Å²) in [6, 6.07) is 9.40. The van der Waals surface area contributed by atoms with E-state index in [0.29, 0.717) is 133 Å². The number of sulfonamides is 2. The molecule has 2 aliphatic heterocycles. The minimum Gasteiger partial charge on any atom is -0.398 e. The third-order valence-electron chi connectivity index (χ3n) is 13.3. The number of amides is 2. The summed E-state index contributed by atoms with van der Waals surface area (Å²) in [5.74, 6) is 13.8. The molecule has 4 saturated carbocycles. The number of benzene rings is 2. The Bertz CT molecular complexity index is 2330. The van der Waals surface area contributed by atoms with Gasteiger partial charge in [0.1, 0.15) is 0 Å². The van der Waals surface area contributed by atoms with Crippen LogP contribution in [0.2, 0.25) is 0 Å². The molecule has 16 heteroatoms. The fourth-order valence-electron chi connectivity index (χ4n) is 8.69. The van der Waals surface area contributed by atoms with Gasteiger partial charge in [0.05, 0.1) is 41.9 Å². The van der Waals surface area contributed by atoms with Crippen molar-refractivity contribution in [2.75, 3.05) is 70.7 Å². The van der Waals surface area contributed by atoms with Gasteiger partial charge in [-0.25, -0.2) is 26.3 Å². The van der Waals surface area contributed by atoms with E-state index in [4.69, 9.17) is 15.2 Å². The molecule has 0 radical (unpaired) electrons. The molecule has 0 aromatic heterocycles. The van der Waals surface area contributed by atoms with Gasteiger partial charge in [-0.3, -0.25) is 9.59 Å². The van der Waals surface area contributed by atoms with Crippen LogP contribution in [0.15, 0.2) is 46.2 Å². The zero-order chi connectivity index (χ0) is 44.8. The molecule has 2 heterocycles. The summed E-state index contributed by atoms with van der Waals surface area (Å²) >= 11 is 0. The van der Waals surface area contributed by atoms with Crippen LogP contribution < -0.4 is 20.5 Å². The molecule has 4 aliphatic carbocycles. The zero-order valence-electron chi connectivity index (χ0n) is 37.0. The van der Waals surface area contributed by atoms with Gasteiger partial charge in [0.15, 0.2) is 0 Å². The predicted molar refractivity (Wildman–Crippen MR) is 242 cm³/mol. The normalized spacial score (nSPS) is 26.5. The average molecular weight is 905 g/mol. The summed E-state index contributed by atoms with van der Waals surface area (Å²) in [6.45, 7) is 8.89. The molecule has 0 spiro atoms. The number of carbonyl (C=O) groups is 2. The number of nitrogens with one attached hydrogen (secondary N) is 3. The van der Waals surface area contributed by atoms with E-state index in [1.807, 2.05) is 23.6 Å². The molecule has 2 aromatic rings. The van der Waals surface area contributed by atoms with Crippen molar-refractivity contribution in [2.24, 2.45) is 22.7 Å². The van der Waals surface area contributed by atoms with Gasteiger partial charge in [0.25, 0.3) is 0 Å². The van der Waals surface area contributed by atoms with Crippen LogP contribution in [-0.2, 0) is 39.1 Å². The number of nitrogens with zero attached hydrogens (tertiary/aromatic N) is 2. The topological polar surface area (TPSA) is 189 Å². The first kappa shape index (κ1) is 46.8. The third-order valence-corrected chi connectivity index (χ3v) is 16.4. The van der Waals surface area contributed by atoms with Crippen LogP contribution in [0.25, 0.3) is 0 Å². The standard InChI is InChI=1S/C24H33N3O4S.C23H31N3O4S/c1-24(23(28)27-13-15-31-16-14-27)11-9-20(10-12-24)26-32(29,30)21-8-7-19(22(17-21)25-2)6-5-18-3-4-18;1-23(22(27)26-12-14-30-15-13-26)10-8-19(9-11-23)25-31(28,29)20-7-6-18(21(24)16-20)5-4-17-2-3-17/h7-8,17-18,20,25-26H,3-4,9-16H2,1-2H3;6-7,16-17,19,25H,2-3,8-15,24H2,1H3. The molecule has 342 valence electrons. The predicted octanol–water partition coefficient (Wildman–Crippen LogP) is 4.69. The van der Waals surface area contributed by atoms with Crippen LogP contribution >= 0.6 is 0 Å². The Morgan fingerprint density at radius 3 is 1.43 bits per heavy atom. The molecule has 0 atom stereocenters. The zero-order valence-corrected chi connectivity index (χ0v) is 38.6. The van der Waals surface area contributed by atoms with Crippen LogP contribution in [0.3, 0.4) is 0 Å². The van der Waals surface area contributed by atoms with Crippen molar-refractivity contribution in [2.45, 2.75) is 113 Å². The number of hydrogen-bond donors (Lipinski definition) is 4. The highest BCUT2D eigenvalue weighted by molar-refractivity contribution is 7.89. The van der Waals surface area contributed by atoms with E-state index in [9.17, 15) is 26.4 Å². The Hall–Kier alpha value is -4.16. The first-order valence-corrected chi connectivity index (χ1v) is 25.6. The molecular formula is C47H64N6O8S2. The highest BCUT2D eigenvalue weighted by Gasteiger charge is 2.42. The minimum atomic E-state index is -3.69. The summed E-state index contributed by atoms with van der Waals surface area (Å²) in [7, 11) is -5.57. The first-order chi connectivity index (χ1) is 30.1. The maximum atomic E-state index is 13.0. The van der Waals surface area contributed by atoms with Crippen LogP contribution in [0.5, 0.6) is 0 Å². The molecule has 14 nitrogen and oxygen atoms in total. The quantitative estimate of drug-likeness (QED) is 0.203. The lowest BCUT2D eigenvalue weighted by molar-refractivity contribution is -0.148. The Balaban J connectivity index is 0.000000189. The Labute approximate surface area is 374 Å². The monoisotopic (exact) mass is 904 g/mol. The number of carbonyl (C=O) groups excluding carboxylic acids is 2. The maximum Gasteiger partial charge on any atom is 0.240 e. The van der Waals surface area contributed by atoms with Gasteiger partial charge in [0, 0.05) is 84.8 Å². The summed E-state index contributed by atoms with van der Waals surface area (Å²) in [4.78, 5) is 30.1. The van der Waals surface area contributed by atoms with Gasteiger partial charge in [-0.05, 0) is 113 Å². The van der Waals surface area contributed by atoms with Crippen LogP contribution in [-0.4, -0.2) is 110 Å². The van der Waals surface area contributed by atoms with E-state index in [1.54, 1.807) is 37.4 Å². The van der Waals surface area contributed by atoms with Crippen molar-refractivity contribution >= 4 is 43.2 Å². The van der Waals surface area contributed by atoms with Gasteiger partial charge in [-0.15, -0.1) is 0 Å². The SMILES string of the molecule is CC1(C(=O)N2CCOCC2)CCC(NS(=O)(=O)c2ccc(C#CC3CC3)c(N)c2)CC1.CNc1cc(S(=O)(=O)NC2CCC(C)(C(=O)N3CCOCC3)CC2)ccc1C#CC1CC1. The number of hydrogen-bond acceptors (Lipinski definition) is 10. The summed E-state index contributed by atoms with van der Waals surface area (Å²) < 4.78 is 68.2. The van der Waals surface area contributed by atoms with Gasteiger partial charge >= 0.3 is 0 Å². The Morgan fingerprint density at radius 1 is 0.635 bits per heavy atom.